The molecule has 1 fully saturated rings. The minimum absolute atomic E-state index is 0.475. The van der Waals surface area contributed by atoms with Gasteiger partial charge in [-0.25, -0.2) is 0 Å². The van der Waals surface area contributed by atoms with E-state index in [-0.39, 0.29) is 0 Å². The van der Waals surface area contributed by atoms with Crippen molar-refractivity contribution in [2.45, 2.75) is 52.9 Å². The summed E-state index contributed by atoms with van der Waals surface area (Å²) in [4.78, 5) is 0. The summed E-state index contributed by atoms with van der Waals surface area (Å²) in [5.41, 5.74) is 0.475. The zero-order valence-electron chi connectivity index (χ0n) is 11.4. The summed E-state index contributed by atoms with van der Waals surface area (Å²) >= 11 is 0. The van der Waals surface area contributed by atoms with Gasteiger partial charge in [0.1, 0.15) is 0 Å². The summed E-state index contributed by atoms with van der Waals surface area (Å²) in [6, 6.07) is 0. The highest BCUT2D eigenvalue weighted by molar-refractivity contribution is 4.73. The van der Waals surface area contributed by atoms with E-state index in [9.17, 15) is 0 Å². The molecule has 1 heterocycles. The Bertz CT molecular complexity index is 172. The predicted molar refractivity (Wildman–Crippen MR) is 71.8 cm³/mol. The van der Waals surface area contributed by atoms with Crippen LogP contribution in [-0.4, -0.2) is 26.2 Å². The van der Waals surface area contributed by atoms with Crippen molar-refractivity contribution in [3.05, 3.63) is 0 Å². The van der Waals surface area contributed by atoms with Crippen molar-refractivity contribution in [3.8, 4) is 0 Å². The monoisotopic (exact) mass is 226 g/mol. The van der Waals surface area contributed by atoms with Crippen LogP contribution in [-0.2, 0) is 0 Å². The minimum atomic E-state index is 0.475. The molecule has 0 radical (unpaired) electrons. The van der Waals surface area contributed by atoms with Gasteiger partial charge in [-0.15, -0.1) is 0 Å². The van der Waals surface area contributed by atoms with Gasteiger partial charge in [-0.2, -0.15) is 0 Å². The van der Waals surface area contributed by atoms with Crippen LogP contribution in [0, 0.1) is 11.3 Å². The molecule has 2 N–H and O–H groups in total. The van der Waals surface area contributed by atoms with E-state index in [2.05, 4.69) is 31.4 Å². The molecule has 0 aromatic rings. The number of rotatable bonds is 7. The van der Waals surface area contributed by atoms with E-state index in [4.69, 9.17) is 0 Å². The summed E-state index contributed by atoms with van der Waals surface area (Å²) in [5, 5.41) is 7.06. The predicted octanol–water partition coefficient (Wildman–Crippen LogP) is 2.79. The average molecular weight is 226 g/mol. The molecule has 96 valence electrons. The van der Waals surface area contributed by atoms with Gasteiger partial charge in [0.15, 0.2) is 0 Å². The zero-order valence-corrected chi connectivity index (χ0v) is 11.4. The SMILES string of the molecule is CCCC(C)(C)CNCCC1CCNCC1. The van der Waals surface area contributed by atoms with E-state index >= 15 is 0 Å². The maximum absolute atomic E-state index is 3.64. The molecule has 0 aromatic heterocycles. The Hall–Kier alpha value is -0.0800. The quantitative estimate of drug-likeness (QED) is 0.652. The van der Waals surface area contributed by atoms with Crippen molar-refractivity contribution in [3.63, 3.8) is 0 Å². The van der Waals surface area contributed by atoms with Crippen molar-refractivity contribution >= 4 is 0 Å². The van der Waals surface area contributed by atoms with E-state index in [1.165, 1.54) is 58.3 Å². The molecule has 0 spiro atoms. The highest BCUT2D eigenvalue weighted by Crippen LogP contribution is 2.21. The van der Waals surface area contributed by atoms with E-state index in [0.717, 1.165) is 5.92 Å². The van der Waals surface area contributed by atoms with Gasteiger partial charge in [0.2, 0.25) is 0 Å². The van der Waals surface area contributed by atoms with E-state index in [1.54, 1.807) is 0 Å². The third kappa shape index (κ3) is 5.86. The molecule has 0 saturated carbocycles. The molecule has 0 atom stereocenters. The molecule has 0 bridgehead atoms. The summed E-state index contributed by atoms with van der Waals surface area (Å²) < 4.78 is 0. The lowest BCUT2D eigenvalue weighted by molar-refractivity contribution is 0.295. The van der Waals surface area contributed by atoms with E-state index < -0.39 is 0 Å². The van der Waals surface area contributed by atoms with Gasteiger partial charge in [0.05, 0.1) is 0 Å². The molecule has 2 nitrogen and oxygen atoms in total. The summed E-state index contributed by atoms with van der Waals surface area (Å²) in [5.74, 6) is 0.961. The van der Waals surface area contributed by atoms with Crippen LogP contribution >= 0.6 is 0 Å². The maximum atomic E-state index is 3.64. The Balaban J connectivity index is 2.02. The topological polar surface area (TPSA) is 24.1 Å². The first-order valence-electron chi connectivity index (χ1n) is 7.05. The van der Waals surface area contributed by atoms with Crippen molar-refractivity contribution in [1.29, 1.82) is 0 Å². The van der Waals surface area contributed by atoms with Crippen LogP contribution in [0.25, 0.3) is 0 Å². The molecule has 1 saturated heterocycles. The molecular formula is C14H30N2. The number of nitrogens with one attached hydrogen (secondary N) is 2. The lowest BCUT2D eigenvalue weighted by Gasteiger charge is -2.26. The van der Waals surface area contributed by atoms with Crippen LogP contribution in [0.5, 0.6) is 0 Å². The van der Waals surface area contributed by atoms with Crippen molar-refractivity contribution < 1.29 is 0 Å². The van der Waals surface area contributed by atoms with E-state index in [1.807, 2.05) is 0 Å². The lowest BCUT2D eigenvalue weighted by atomic mass is 9.88. The number of hydrogen-bond donors (Lipinski definition) is 2. The molecule has 1 aliphatic heterocycles. The molecule has 16 heavy (non-hydrogen) atoms. The maximum Gasteiger partial charge on any atom is 0.000252 e. The molecule has 2 heteroatoms. The van der Waals surface area contributed by atoms with Crippen LogP contribution in [0.2, 0.25) is 0 Å². The fraction of sp³-hybridized carbons (Fsp3) is 1.00. The first-order valence-corrected chi connectivity index (χ1v) is 7.05. The molecule has 1 rings (SSSR count). The smallest absolute Gasteiger partial charge is 0.000252 e. The highest BCUT2D eigenvalue weighted by Gasteiger charge is 2.16. The Morgan fingerprint density at radius 3 is 2.56 bits per heavy atom. The van der Waals surface area contributed by atoms with Gasteiger partial charge in [0, 0.05) is 6.54 Å². The zero-order chi connectivity index (χ0) is 11.9. The van der Waals surface area contributed by atoms with Crippen molar-refractivity contribution in [2.24, 2.45) is 11.3 Å². The Morgan fingerprint density at radius 2 is 1.94 bits per heavy atom. The average Bonchev–Trinajstić information content (AvgIpc) is 2.26. The number of hydrogen-bond acceptors (Lipinski definition) is 2. The van der Waals surface area contributed by atoms with Gasteiger partial charge >= 0.3 is 0 Å². The van der Waals surface area contributed by atoms with Gasteiger partial charge < -0.3 is 10.6 Å². The third-order valence-electron chi connectivity index (χ3n) is 3.72. The standard InChI is InChI=1S/C14H30N2/c1-4-8-14(2,3)12-16-11-7-13-5-9-15-10-6-13/h13,15-16H,4-12H2,1-3H3. The van der Waals surface area contributed by atoms with Gasteiger partial charge in [-0.3, -0.25) is 0 Å². The van der Waals surface area contributed by atoms with Crippen molar-refractivity contribution in [2.75, 3.05) is 26.2 Å². The summed E-state index contributed by atoms with van der Waals surface area (Å²) in [6.45, 7) is 11.8. The molecule has 0 unspecified atom stereocenters. The normalized spacial score (nSPS) is 18.9. The largest absolute Gasteiger partial charge is 0.317 e. The van der Waals surface area contributed by atoms with Crippen LogP contribution in [0.15, 0.2) is 0 Å². The Kier molecular flexibility index (Phi) is 6.37. The second-order valence-corrected chi connectivity index (χ2v) is 6.07. The lowest BCUT2D eigenvalue weighted by Crippen LogP contribution is -2.33. The van der Waals surface area contributed by atoms with Crippen LogP contribution in [0.4, 0.5) is 0 Å². The van der Waals surface area contributed by atoms with Crippen molar-refractivity contribution in [1.82, 2.24) is 10.6 Å². The van der Waals surface area contributed by atoms with Crippen LogP contribution in [0.1, 0.15) is 52.9 Å². The third-order valence-corrected chi connectivity index (χ3v) is 3.72. The van der Waals surface area contributed by atoms with E-state index in [0.29, 0.717) is 5.41 Å². The van der Waals surface area contributed by atoms with Crippen LogP contribution < -0.4 is 10.6 Å². The molecule has 1 aliphatic rings. The Labute approximate surface area is 102 Å². The first kappa shape index (κ1) is 14.0. The van der Waals surface area contributed by atoms with Crippen LogP contribution in [0.3, 0.4) is 0 Å². The minimum Gasteiger partial charge on any atom is -0.317 e. The second kappa shape index (κ2) is 7.29. The Morgan fingerprint density at radius 1 is 1.25 bits per heavy atom. The van der Waals surface area contributed by atoms with Gasteiger partial charge in [-0.05, 0) is 56.7 Å². The fourth-order valence-corrected chi connectivity index (χ4v) is 2.67. The number of piperidine rings is 1. The summed E-state index contributed by atoms with van der Waals surface area (Å²) in [7, 11) is 0. The molecule has 0 aromatic carbocycles. The van der Waals surface area contributed by atoms with Gasteiger partial charge in [0.25, 0.3) is 0 Å². The van der Waals surface area contributed by atoms with Gasteiger partial charge in [-0.1, -0.05) is 27.2 Å². The fourth-order valence-electron chi connectivity index (χ4n) is 2.67. The molecule has 0 amide bonds. The highest BCUT2D eigenvalue weighted by atomic mass is 14.9. The molecular weight excluding hydrogens is 196 g/mol. The summed E-state index contributed by atoms with van der Waals surface area (Å²) in [6.07, 6.45) is 6.74. The molecule has 0 aliphatic carbocycles. The first-order chi connectivity index (χ1) is 7.64. The second-order valence-electron chi connectivity index (χ2n) is 6.07.